The fraction of sp³-hybridized carbons (Fsp3) is 0.526. The summed E-state index contributed by atoms with van der Waals surface area (Å²) in [5, 5.41) is 7.10. The summed E-state index contributed by atoms with van der Waals surface area (Å²) in [6, 6.07) is 4.37. The Morgan fingerprint density at radius 3 is 3.07 bits per heavy atom. The molecule has 1 atom stereocenters. The van der Waals surface area contributed by atoms with E-state index in [0.717, 1.165) is 44.7 Å². The van der Waals surface area contributed by atoms with E-state index >= 15 is 0 Å². The average Bonchev–Trinajstić information content (AvgIpc) is 3.31. The van der Waals surface area contributed by atoms with Crippen molar-refractivity contribution in [2.75, 3.05) is 25.0 Å². The number of rotatable bonds is 6. The van der Waals surface area contributed by atoms with Gasteiger partial charge in [-0.1, -0.05) is 0 Å². The minimum Gasteiger partial charge on any atom is -0.422 e. The maximum Gasteiger partial charge on any atom is 0.299 e. The van der Waals surface area contributed by atoms with Crippen LogP contribution in [0.25, 0.3) is 11.2 Å². The number of fused-ring (bicyclic) bond motifs is 1. The fourth-order valence-electron chi connectivity index (χ4n) is 3.69. The molecule has 1 N–H and O–H groups in total. The zero-order valence-corrected chi connectivity index (χ0v) is 16.3. The predicted molar refractivity (Wildman–Crippen MR) is 104 cm³/mol. The third-order valence-electron chi connectivity index (χ3n) is 5.10. The Labute approximate surface area is 163 Å². The summed E-state index contributed by atoms with van der Waals surface area (Å²) in [5.41, 5.74) is 1.35. The Balaban J connectivity index is 1.47. The quantitative estimate of drug-likeness (QED) is 0.689. The molecule has 3 aromatic heterocycles. The zero-order valence-electron chi connectivity index (χ0n) is 16.3. The highest BCUT2D eigenvalue weighted by atomic mass is 16.4. The summed E-state index contributed by atoms with van der Waals surface area (Å²) in [7, 11) is 1.62. The molecule has 9 heteroatoms. The molecule has 28 heavy (non-hydrogen) atoms. The van der Waals surface area contributed by atoms with Crippen LogP contribution in [0.5, 0.6) is 0 Å². The second-order valence-electron chi connectivity index (χ2n) is 7.09. The molecule has 1 unspecified atom stereocenters. The number of aromatic nitrogens is 5. The molecule has 1 aliphatic rings. The SMILES string of the molecule is CCn1nc(CC(=O)NC)nc1CC1CCCN(c2nc3ncccc3o2)C1. The van der Waals surface area contributed by atoms with E-state index in [2.05, 4.69) is 30.3 Å². The van der Waals surface area contributed by atoms with Crippen molar-refractivity contribution in [3.63, 3.8) is 0 Å². The first-order chi connectivity index (χ1) is 13.7. The number of aryl methyl sites for hydroxylation is 1. The molecule has 0 bridgehead atoms. The highest BCUT2D eigenvalue weighted by molar-refractivity contribution is 5.77. The molecule has 0 radical (unpaired) electrons. The standard InChI is InChI=1S/C19H25N7O2/c1-3-26-16(22-15(24-26)11-17(27)20-2)10-13-6-5-9-25(12-13)19-23-18-14(28-19)7-4-8-21-18/h4,7-8,13H,3,5-6,9-12H2,1-2H3,(H,20,27). The van der Waals surface area contributed by atoms with Crippen molar-refractivity contribution in [2.45, 2.75) is 39.2 Å². The highest BCUT2D eigenvalue weighted by Gasteiger charge is 2.26. The van der Waals surface area contributed by atoms with Crippen LogP contribution in [0.1, 0.15) is 31.4 Å². The Bertz CT molecular complexity index is 931. The number of piperidine rings is 1. The van der Waals surface area contributed by atoms with Gasteiger partial charge in [0.05, 0.1) is 6.42 Å². The number of oxazole rings is 1. The lowest BCUT2D eigenvalue weighted by Crippen LogP contribution is -2.36. The number of hydrogen-bond donors (Lipinski definition) is 1. The van der Waals surface area contributed by atoms with Crippen LogP contribution in [0, 0.1) is 5.92 Å². The maximum atomic E-state index is 11.6. The van der Waals surface area contributed by atoms with Gasteiger partial charge in [-0.3, -0.25) is 9.48 Å². The summed E-state index contributed by atoms with van der Waals surface area (Å²) < 4.78 is 7.79. The molecule has 0 spiro atoms. The lowest BCUT2D eigenvalue weighted by atomic mass is 9.94. The molecule has 3 aromatic rings. The maximum absolute atomic E-state index is 11.6. The van der Waals surface area contributed by atoms with Crippen molar-refractivity contribution < 1.29 is 9.21 Å². The zero-order chi connectivity index (χ0) is 19.5. The smallest absolute Gasteiger partial charge is 0.299 e. The third kappa shape index (κ3) is 3.83. The highest BCUT2D eigenvalue weighted by Crippen LogP contribution is 2.27. The first-order valence-electron chi connectivity index (χ1n) is 9.76. The number of nitrogens with one attached hydrogen (secondary N) is 1. The summed E-state index contributed by atoms with van der Waals surface area (Å²) in [5.74, 6) is 1.87. The fourth-order valence-corrected chi connectivity index (χ4v) is 3.69. The second kappa shape index (κ2) is 7.95. The van der Waals surface area contributed by atoms with E-state index in [1.807, 2.05) is 23.7 Å². The molecular formula is C19H25N7O2. The van der Waals surface area contributed by atoms with Gasteiger partial charge >= 0.3 is 0 Å². The van der Waals surface area contributed by atoms with E-state index in [0.29, 0.717) is 29.0 Å². The Kier molecular flexibility index (Phi) is 5.23. The van der Waals surface area contributed by atoms with Crippen LogP contribution >= 0.6 is 0 Å². The van der Waals surface area contributed by atoms with Crippen molar-refractivity contribution in [2.24, 2.45) is 5.92 Å². The Hall–Kier alpha value is -2.97. The topological polar surface area (TPSA) is 102 Å². The second-order valence-corrected chi connectivity index (χ2v) is 7.09. The van der Waals surface area contributed by atoms with Gasteiger partial charge in [-0.05, 0) is 37.8 Å². The number of amides is 1. The lowest BCUT2D eigenvalue weighted by Gasteiger charge is -2.31. The number of anilines is 1. The van der Waals surface area contributed by atoms with Crippen LogP contribution in [0.15, 0.2) is 22.7 Å². The van der Waals surface area contributed by atoms with E-state index in [4.69, 9.17) is 4.42 Å². The summed E-state index contributed by atoms with van der Waals surface area (Å²) >= 11 is 0. The molecule has 1 fully saturated rings. The summed E-state index contributed by atoms with van der Waals surface area (Å²) in [6.07, 6.45) is 4.95. The van der Waals surface area contributed by atoms with Crippen molar-refractivity contribution in [1.29, 1.82) is 0 Å². The van der Waals surface area contributed by atoms with E-state index in [1.165, 1.54) is 0 Å². The monoisotopic (exact) mass is 383 g/mol. The summed E-state index contributed by atoms with van der Waals surface area (Å²) in [4.78, 5) is 27.2. The molecule has 1 amide bonds. The number of nitrogens with zero attached hydrogens (tertiary/aromatic N) is 6. The average molecular weight is 383 g/mol. The Morgan fingerprint density at radius 1 is 1.39 bits per heavy atom. The normalized spacial score (nSPS) is 17.2. The number of pyridine rings is 1. The van der Waals surface area contributed by atoms with Gasteiger partial charge in [-0.2, -0.15) is 10.1 Å². The van der Waals surface area contributed by atoms with Gasteiger partial charge in [-0.25, -0.2) is 9.97 Å². The molecular weight excluding hydrogens is 358 g/mol. The first-order valence-corrected chi connectivity index (χ1v) is 9.76. The van der Waals surface area contributed by atoms with Crippen LogP contribution in [-0.2, 0) is 24.2 Å². The molecule has 1 aliphatic heterocycles. The molecule has 0 saturated carbocycles. The van der Waals surface area contributed by atoms with Gasteiger partial charge < -0.3 is 14.6 Å². The first kappa shape index (κ1) is 18.4. The molecule has 9 nitrogen and oxygen atoms in total. The van der Waals surface area contributed by atoms with Crippen LogP contribution < -0.4 is 10.2 Å². The van der Waals surface area contributed by atoms with Gasteiger partial charge in [0.1, 0.15) is 5.82 Å². The lowest BCUT2D eigenvalue weighted by molar-refractivity contribution is -0.120. The van der Waals surface area contributed by atoms with Gasteiger partial charge in [0.15, 0.2) is 11.4 Å². The minimum atomic E-state index is -0.0757. The van der Waals surface area contributed by atoms with Crippen LogP contribution in [0.4, 0.5) is 6.01 Å². The number of likely N-dealkylation sites (N-methyl/N-ethyl adjacent to an activating group) is 1. The number of carbonyl (C=O) groups excluding carboxylic acids is 1. The van der Waals surface area contributed by atoms with Crippen molar-refractivity contribution in [3.05, 3.63) is 30.0 Å². The molecule has 0 aliphatic carbocycles. The van der Waals surface area contributed by atoms with Crippen LogP contribution in [-0.4, -0.2) is 50.8 Å². The van der Waals surface area contributed by atoms with Gasteiger partial charge in [-0.15, -0.1) is 0 Å². The summed E-state index contributed by atoms with van der Waals surface area (Å²) in [6.45, 7) is 4.56. The van der Waals surface area contributed by atoms with E-state index in [9.17, 15) is 4.79 Å². The number of hydrogen-bond acceptors (Lipinski definition) is 7. The van der Waals surface area contributed by atoms with Crippen LogP contribution in [0.3, 0.4) is 0 Å². The van der Waals surface area contributed by atoms with Gasteiger partial charge in [0, 0.05) is 39.3 Å². The molecule has 4 heterocycles. The predicted octanol–water partition coefficient (Wildman–Crippen LogP) is 1.58. The van der Waals surface area contributed by atoms with Gasteiger partial charge in [0.25, 0.3) is 6.01 Å². The van der Waals surface area contributed by atoms with E-state index in [-0.39, 0.29) is 12.3 Å². The van der Waals surface area contributed by atoms with Crippen molar-refractivity contribution in [3.8, 4) is 0 Å². The number of carbonyl (C=O) groups is 1. The molecule has 148 valence electrons. The van der Waals surface area contributed by atoms with Crippen molar-refractivity contribution >= 4 is 23.2 Å². The third-order valence-corrected chi connectivity index (χ3v) is 5.10. The van der Waals surface area contributed by atoms with Crippen molar-refractivity contribution in [1.82, 2.24) is 30.0 Å². The minimum absolute atomic E-state index is 0.0757. The molecule has 4 rings (SSSR count). The van der Waals surface area contributed by atoms with Crippen LogP contribution in [0.2, 0.25) is 0 Å². The largest absolute Gasteiger partial charge is 0.422 e. The van der Waals surface area contributed by atoms with Gasteiger partial charge in [0.2, 0.25) is 11.6 Å². The molecule has 1 saturated heterocycles. The Morgan fingerprint density at radius 2 is 2.29 bits per heavy atom. The van der Waals surface area contributed by atoms with E-state index < -0.39 is 0 Å². The molecule has 0 aromatic carbocycles. The van der Waals surface area contributed by atoms with E-state index in [1.54, 1.807) is 13.2 Å².